The Hall–Kier alpha value is -2.90. The van der Waals surface area contributed by atoms with E-state index in [9.17, 15) is 9.18 Å². The zero-order valence-corrected chi connectivity index (χ0v) is 18.2. The van der Waals surface area contributed by atoms with Crippen LogP contribution in [0.2, 0.25) is 0 Å². The van der Waals surface area contributed by atoms with Crippen LogP contribution in [0.15, 0.2) is 54.7 Å². The summed E-state index contributed by atoms with van der Waals surface area (Å²) in [7, 11) is 1.68. The molecule has 2 aromatic carbocycles. The lowest BCUT2D eigenvalue weighted by Crippen LogP contribution is -2.47. The van der Waals surface area contributed by atoms with Crippen LogP contribution in [0.3, 0.4) is 0 Å². The number of benzene rings is 2. The predicted molar refractivity (Wildman–Crippen MR) is 120 cm³/mol. The number of methoxy groups -OCH3 is 1. The first-order valence-electron chi connectivity index (χ1n) is 11.1. The van der Waals surface area contributed by atoms with Crippen molar-refractivity contribution in [3.63, 3.8) is 0 Å². The van der Waals surface area contributed by atoms with Gasteiger partial charge in [0.25, 0.3) is 0 Å². The van der Waals surface area contributed by atoms with Gasteiger partial charge in [0.2, 0.25) is 5.91 Å². The van der Waals surface area contributed by atoms with E-state index >= 15 is 0 Å². The lowest BCUT2D eigenvalue weighted by Gasteiger charge is -2.35. The highest BCUT2D eigenvalue weighted by Gasteiger charge is 2.46. The molecule has 6 nitrogen and oxygen atoms in total. The van der Waals surface area contributed by atoms with Gasteiger partial charge < -0.3 is 19.3 Å². The van der Waals surface area contributed by atoms with Gasteiger partial charge in [0.05, 0.1) is 44.5 Å². The third-order valence-corrected chi connectivity index (χ3v) is 6.61. The van der Waals surface area contributed by atoms with Gasteiger partial charge in [-0.3, -0.25) is 9.69 Å². The van der Waals surface area contributed by atoms with Gasteiger partial charge in [0, 0.05) is 32.4 Å². The van der Waals surface area contributed by atoms with Gasteiger partial charge >= 0.3 is 0 Å². The lowest BCUT2D eigenvalue weighted by atomic mass is 9.91. The summed E-state index contributed by atoms with van der Waals surface area (Å²) in [5, 5.41) is 0. The third kappa shape index (κ3) is 3.87. The predicted octanol–water partition coefficient (Wildman–Crippen LogP) is 2.99. The molecule has 32 heavy (non-hydrogen) atoms. The molecule has 7 heteroatoms. The number of carbonyl (C=O) groups excluding carboxylic acids is 1. The van der Waals surface area contributed by atoms with Crippen LogP contribution < -0.4 is 9.64 Å². The van der Waals surface area contributed by atoms with Crippen LogP contribution in [0.25, 0.3) is 0 Å². The van der Waals surface area contributed by atoms with E-state index in [1.54, 1.807) is 24.1 Å². The molecule has 0 N–H and O–H groups in total. The fourth-order valence-electron chi connectivity index (χ4n) is 4.97. The minimum atomic E-state index is -0.282. The van der Waals surface area contributed by atoms with Crippen molar-refractivity contribution in [2.75, 3.05) is 51.4 Å². The molecule has 2 aromatic rings. The minimum Gasteiger partial charge on any atom is -0.495 e. The molecule has 0 bridgehead atoms. The number of para-hydroxylation sites is 1. The lowest BCUT2D eigenvalue weighted by molar-refractivity contribution is -0.131. The summed E-state index contributed by atoms with van der Waals surface area (Å²) in [6, 6.07) is 12.2. The van der Waals surface area contributed by atoms with Gasteiger partial charge in [-0.05, 0) is 35.4 Å². The molecule has 0 aromatic heterocycles. The molecule has 5 rings (SSSR count). The van der Waals surface area contributed by atoms with Crippen molar-refractivity contribution < 1.29 is 18.7 Å². The van der Waals surface area contributed by atoms with Crippen molar-refractivity contribution in [3.8, 4) is 5.75 Å². The van der Waals surface area contributed by atoms with Gasteiger partial charge in [0.1, 0.15) is 11.6 Å². The molecule has 0 spiro atoms. The number of morpholine rings is 1. The van der Waals surface area contributed by atoms with Crippen molar-refractivity contribution in [1.29, 1.82) is 0 Å². The summed E-state index contributed by atoms with van der Waals surface area (Å²) in [5.41, 5.74) is 2.92. The number of rotatable bonds is 6. The van der Waals surface area contributed by atoms with E-state index in [1.165, 1.54) is 12.1 Å². The molecule has 3 aliphatic heterocycles. The number of anilines is 1. The maximum Gasteiger partial charge on any atom is 0.236 e. The van der Waals surface area contributed by atoms with Crippen molar-refractivity contribution in [1.82, 2.24) is 9.80 Å². The first-order valence-corrected chi connectivity index (χ1v) is 11.1. The molecule has 3 heterocycles. The number of hydrogen-bond donors (Lipinski definition) is 0. The van der Waals surface area contributed by atoms with Gasteiger partial charge in [-0.15, -0.1) is 0 Å². The van der Waals surface area contributed by atoms with Gasteiger partial charge in [-0.1, -0.05) is 24.3 Å². The van der Waals surface area contributed by atoms with E-state index in [4.69, 9.17) is 9.47 Å². The van der Waals surface area contributed by atoms with Crippen LogP contribution in [0.1, 0.15) is 17.0 Å². The van der Waals surface area contributed by atoms with Crippen LogP contribution in [-0.2, 0) is 16.1 Å². The fraction of sp³-hybridized carbons (Fsp3) is 0.400. The Labute approximate surface area is 187 Å². The topological polar surface area (TPSA) is 45.2 Å². The summed E-state index contributed by atoms with van der Waals surface area (Å²) in [6.45, 7) is 5.54. The fourth-order valence-corrected chi connectivity index (χ4v) is 4.97. The monoisotopic (exact) mass is 437 g/mol. The Morgan fingerprint density at radius 3 is 2.62 bits per heavy atom. The molecule has 0 saturated carbocycles. The quantitative estimate of drug-likeness (QED) is 0.695. The van der Waals surface area contributed by atoms with Gasteiger partial charge in [0.15, 0.2) is 0 Å². The van der Waals surface area contributed by atoms with Crippen molar-refractivity contribution in [3.05, 3.63) is 71.7 Å². The van der Waals surface area contributed by atoms with E-state index in [-0.39, 0.29) is 23.7 Å². The highest BCUT2D eigenvalue weighted by molar-refractivity contribution is 5.93. The summed E-state index contributed by atoms with van der Waals surface area (Å²) in [6.07, 6.45) is 4.00. The summed E-state index contributed by atoms with van der Waals surface area (Å²) >= 11 is 0. The largest absolute Gasteiger partial charge is 0.495 e. The number of fused-ring (bicyclic) bond motifs is 3. The maximum atomic E-state index is 13.6. The maximum absolute atomic E-state index is 13.6. The Kier molecular flexibility index (Phi) is 5.85. The molecule has 1 fully saturated rings. The second kappa shape index (κ2) is 8.92. The molecule has 1 saturated heterocycles. The summed E-state index contributed by atoms with van der Waals surface area (Å²) < 4.78 is 24.5. The first-order chi connectivity index (χ1) is 15.7. The number of nitrogens with zero attached hydrogens (tertiary/aromatic N) is 3. The van der Waals surface area contributed by atoms with Crippen molar-refractivity contribution in [2.45, 2.75) is 18.5 Å². The average molecular weight is 438 g/mol. The molecule has 3 aliphatic rings. The highest BCUT2D eigenvalue weighted by atomic mass is 19.1. The summed E-state index contributed by atoms with van der Waals surface area (Å²) in [4.78, 5) is 20.1. The van der Waals surface area contributed by atoms with E-state index in [0.717, 1.165) is 62.0 Å². The molecule has 2 atom stereocenters. The second-order valence-electron chi connectivity index (χ2n) is 8.45. The number of carbonyl (C=O) groups is 1. The Morgan fingerprint density at radius 1 is 1.09 bits per heavy atom. The first kappa shape index (κ1) is 21.0. The van der Waals surface area contributed by atoms with Crippen molar-refractivity contribution in [2.24, 2.45) is 0 Å². The van der Waals surface area contributed by atoms with E-state index in [0.29, 0.717) is 6.54 Å². The second-order valence-corrected chi connectivity index (χ2v) is 8.45. The SMILES string of the molecule is COc1cccc2c1N(CCN1CCOCC1)C1C=CN(Cc3ccc(F)cc3)C(=O)C21. The van der Waals surface area contributed by atoms with Crippen LogP contribution >= 0.6 is 0 Å². The van der Waals surface area contributed by atoms with Gasteiger partial charge in [-0.2, -0.15) is 0 Å². The number of hydrogen-bond acceptors (Lipinski definition) is 5. The van der Waals surface area contributed by atoms with Crippen LogP contribution in [0, 0.1) is 5.82 Å². The van der Waals surface area contributed by atoms with Gasteiger partial charge in [-0.25, -0.2) is 4.39 Å². The number of halogens is 1. The normalized spacial score (nSPS) is 22.8. The molecule has 0 aliphatic carbocycles. The Bertz CT molecular complexity index is 1000. The van der Waals surface area contributed by atoms with E-state index in [1.807, 2.05) is 24.4 Å². The smallest absolute Gasteiger partial charge is 0.236 e. The average Bonchev–Trinajstić information content (AvgIpc) is 3.16. The van der Waals surface area contributed by atoms with Crippen LogP contribution in [-0.4, -0.2) is 68.3 Å². The zero-order chi connectivity index (χ0) is 22.1. The minimum absolute atomic E-state index is 0.0423. The molecule has 2 unspecified atom stereocenters. The van der Waals surface area contributed by atoms with Crippen molar-refractivity contribution >= 4 is 11.6 Å². The highest BCUT2D eigenvalue weighted by Crippen LogP contribution is 2.48. The molecule has 168 valence electrons. The zero-order valence-electron chi connectivity index (χ0n) is 18.2. The Balaban J connectivity index is 1.42. The molecule has 1 amide bonds. The molecular formula is C25H28FN3O3. The Morgan fingerprint density at radius 2 is 1.88 bits per heavy atom. The van der Waals surface area contributed by atoms with E-state index < -0.39 is 0 Å². The summed E-state index contributed by atoms with van der Waals surface area (Å²) in [5.74, 6) is 0.299. The van der Waals surface area contributed by atoms with E-state index in [2.05, 4.69) is 15.9 Å². The van der Waals surface area contributed by atoms with Crippen LogP contribution in [0.5, 0.6) is 5.75 Å². The standard InChI is InChI=1S/C25H28FN3O3/c1-31-22-4-2-3-20-23-21(29(24(20)22)12-11-27-13-15-32-16-14-27)9-10-28(25(23)30)17-18-5-7-19(26)8-6-18/h2-10,21,23H,11-17H2,1H3. The molecule has 0 radical (unpaired) electrons. The number of amides is 1. The van der Waals surface area contributed by atoms with Crippen LogP contribution in [0.4, 0.5) is 10.1 Å². The third-order valence-electron chi connectivity index (χ3n) is 6.61. The number of ether oxygens (including phenoxy) is 2. The molecular weight excluding hydrogens is 409 g/mol.